The summed E-state index contributed by atoms with van der Waals surface area (Å²) in [5.74, 6) is 0.469. The molecule has 212 valence electrons. The first kappa shape index (κ1) is 28.5. The molecule has 3 aliphatic rings. The zero-order chi connectivity index (χ0) is 27.4. The van der Waals surface area contributed by atoms with Gasteiger partial charge in [-0.15, -0.1) is 0 Å². The van der Waals surface area contributed by atoms with E-state index in [9.17, 15) is 18.9 Å². The van der Waals surface area contributed by atoms with Gasteiger partial charge in [-0.3, -0.25) is 14.3 Å². The highest BCUT2D eigenvalue weighted by molar-refractivity contribution is 7.66. The van der Waals surface area contributed by atoms with Crippen LogP contribution in [0.15, 0.2) is 54.6 Å². The van der Waals surface area contributed by atoms with Crippen LogP contribution in [-0.4, -0.2) is 72.9 Å². The predicted molar refractivity (Wildman–Crippen MR) is 152 cm³/mol. The van der Waals surface area contributed by atoms with Crippen LogP contribution in [0, 0.1) is 23.6 Å². The van der Waals surface area contributed by atoms with Crippen LogP contribution in [0.1, 0.15) is 50.0 Å². The van der Waals surface area contributed by atoms with E-state index in [1.807, 2.05) is 36.4 Å². The lowest BCUT2D eigenvalue weighted by molar-refractivity contribution is -0.143. The summed E-state index contributed by atoms with van der Waals surface area (Å²) < 4.78 is 33.1. The second kappa shape index (κ2) is 12.6. The average Bonchev–Trinajstić information content (AvgIpc) is 3.69. The summed E-state index contributed by atoms with van der Waals surface area (Å²) in [5.41, 5.74) is 0.976. The number of aliphatic carboxylic acids is 1. The number of nitrogens with zero attached hydrogens (tertiary/aromatic N) is 2. The van der Waals surface area contributed by atoms with E-state index in [1.165, 1.54) is 6.07 Å². The molecule has 6 nitrogen and oxygen atoms in total. The summed E-state index contributed by atoms with van der Waals surface area (Å²) in [5, 5.41) is 10.8. The number of rotatable bonds is 12. The van der Waals surface area contributed by atoms with Crippen LogP contribution in [0.5, 0.6) is 0 Å². The topological polar surface area (TPSA) is 70.1 Å². The van der Waals surface area contributed by atoms with E-state index < -0.39 is 19.4 Å². The molecule has 2 aromatic carbocycles. The Bertz CT molecular complexity index is 1150. The number of hydrogen-bond donors (Lipinski definition) is 1. The van der Waals surface area contributed by atoms with Crippen molar-refractivity contribution in [2.75, 3.05) is 46.0 Å². The Balaban J connectivity index is 1.19. The molecule has 1 N–H and O–H groups in total. The monoisotopic (exact) mass is 556 g/mol. The number of piperidine rings is 1. The Morgan fingerprint density at radius 2 is 1.79 bits per heavy atom. The van der Waals surface area contributed by atoms with Gasteiger partial charge in [0.2, 0.25) is 7.37 Å². The van der Waals surface area contributed by atoms with Gasteiger partial charge in [0.05, 0.1) is 0 Å². The van der Waals surface area contributed by atoms with Crippen LogP contribution in [0.25, 0.3) is 0 Å². The van der Waals surface area contributed by atoms with Crippen molar-refractivity contribution in [3.8, 4) is 0 Å². The van der Waals surface area contributed by atoms with Gasteiger partial charge in [-0.25, -0.2) is 4.39 Å². The summed E-state index contributed by atoms with van der Waals surface area (Å²) in [6.07, 6.45) is 6.55. The molecule has 2 heterocycles. The number of likely N-dealkylation sites (tertiary alicyclic amines) is 2. The Morgan fingerprint density at radius 3 is 2.44 bits per heavy atom. The Kier molecular flexibility index (Phi) is 9.23. The molecule has 5 rings (SSSR count). The molecule has 2 aliphatic heterocycles. The second-order valence-corrected chi connectivity index (χ2v) is 14.5. The maximum atomic E-state index is 14.2. The molecule has 1 unspecified atom stereocenters. The van der Waals surface area contributed by atoms with E-state index in [0.717, 1.165) is 75.6 Å². The van der Waals surface area contributed by atoms with E-state index >= 15 is 0 Å². The normalized spacial score (nSPS) is 25.4. The fraction of sp³-hybridized carbons (Fsp3) is 0.581. The van der Waals surface area contributed by atoms with Gasteiger partial charge in [0, 0.05) is 44.1 Å². The van der Waals surface area contributed by atoms with Gasteiger partial charge < -0.3 is 14.5 Å². The van der Waals surface area contributed by atoms with Crippen LogP contribution in [0.2, 0.25) is 0 Å². The highest BCUT2D eigenvalue weighted by atomic mass is 31.2. The van der Waals surface area contributed by atoms with E-state index in [4.69, 9.17) is 4.52 Å². The molecule has 0 bridgehead atoms. The van der Waals surface area contributed by atoms with Crippen molar-refractivity contribution in [1.82, 2.24) is 9.80 Å². The Hall–Kier alpha value is -2.05. The molecule has 2 saturated heterocycles. The summed E-state index contributed by atoms with van der Waals surface area (Å²) in [7, 11) is -1.28. The lowest BCUT2D eigenvalue weighted by Crippen LogP contribution is -2.42. The highest BCUT2D eigenvalue weighted by Gasteiger charge is 2.42. The molecule has 2 aromatic rings. The first-order chi connectivity index (χ1) is 18.8. The minimum atomic E-state index is -2.83. The van der Waals surface area contributed by atoms with Crippen LogP contribution >= 0.6 is 7.37 Å². The zero-order valence-electron chi connectivity index (χ0n) is 23.0. The van der Waals surface area contributed by atoms with E-state index in [-0.39, 0.29) is 17.7 Å². The number of halogens is 1. The molecule has 0 amide bonds. The summed E-state index contributed by atoms with van der Waals surface area (Å²) in [6, 6.07) is 15.9. The molecule has 8 heteroatoms. The van der Waals surface area contributed by atoms with Gasteiger partial charge in [0.1, 0.15) is 11.9 Å². The first-order valence-electron chi connectivity index (χ1n) is 14.5. The SMILES string of the molecule is COP(=O)(CCC1CCN(C[C@H]2CN([C@@H](CC3CC3)C(=O)O)C[C@@H]2c2cccc(F)c2)CC1)c1ccccc1. The third kappa shape index (κ3) is 7.18. The van der Waals surface area contributed by atoms with E-state index in [1.54, 1.807) is 19.2 Å². The summed E-state index contributed by atoms with van der Waals surface area (Å²) in [6.45, 7) is 4.24. The van der Waals surface area contributed by atoms with Crippen LogP contribution in [0.3, 0.4) is 0 Å². The van der Waals surface area contributed by atoms with E-state index in [0.29, 0.717) is 24.5 Å². The van der Waals surface area contributed by atoms with Gasteiger partial charge in [-0.05, 0) is 86.4 Å². The maximum absolute atomic E-state index is 14.2. The van der Waals surface area contributed by atoms with Crippen molar-refractivity contribution in [3.63, 3.8) is 0 Å². The van der Waals surface area contributed by atoms with Crippen LogP contribution in [-0.2, 0) is 13.9 Å². The lowest BCUT2D eigenvalue weighted by atomic mass is 9.87. The molecule has 1 saturated carbocycles. The zero-order valence-corrected chi connectivity index (χ0v) is 23.9. The molecule has 3 fully saturated rings. The number of benzene rings is 2. The fourth-order valence-corrected chi connectivity index (χ4v) is 8.64. The summed E-state index contributed by atoms with van der Waals surface area (Å²) >= 11 is 0. The minimum absolute atomic E-state index is 0.123. The predicted octanol–water partition coefficient (Wildman–Crippen LogP) is 5.45. The molecule has 4 atom stereocenters. The quantitative estimate of drug-likeness (QED) is 0.351. The molecule has 1 aliphatic carbocycles. The first-order valence-corrected chi connectivity index (χ1v) is 16.3. The Morgan fingerprint density at radius 1 is 1.05 bits per heavy atom. The van der Waals surface area contributed by atoms with Crippen molar-refractivity contribution in [1.29, 1.82) is 0 Å². The van der Waals surface area contributed by atoms with Gasteiger partial charge in [0.25, 0.3) is 0 Å². The van der Waals surface area contributed by atoms with Crippen molar-refractivity contribution in [2.24, 2.45) is 17.8 Å². The standard InChI is InChI=1S/C31H42FN2O4P/c1-38-39(37,28-8-3-2-4-9-28)17-14-23-12-15-33(16-13-23)20-26-21-34(30(31(35)36)18-24-10-11-24)22-29(26)25-6-5-7-27(32)19-25/h2-9,19,23-24,26,29-30H,10-18,20-22H2,1H3,(H,35,36)/t26-,29+,30-,39?/m0/s1. The molecular weight excluding hydrogens is 514 g/mol. The van der Waals surface area contributed by atoms with Crippen molar-refractivity contribution in [3.05, 3.63) is 66.0 Å². The largest absolute Gasteiger partial charge is 0.480 e. The van der Waals surface area contributed by atoms with E-state index in [2.05, 4.69) is 9.80 Å². The third-order valence-electron chi connectivity index (χ3n) is 9.20. The minimum Gasteiger partial charge on any atom is -0.480 e. The van der Waals surface area contributed by atoms with Crippen LogP contribution < -0.4 is 5.30 Å². The average molecular weight is 557 g/mol. The highest BCUT2D eigenvalue weighted by Crippen LogP contribution is 2.47. The molecule has 0 radical (unpaired) electrons. The van der Waals surface area contributed by atoms with Gasteiger partial charge in [0.15, 0.2) is 0 Å². The van der Waals surface area contributed by atoms with Crippen molar-refractivity contribution >= 4 is 18.6 Å². The third-order valence-corrected chi connectivity index (χ3v) is 11.7. The number of hydrogen-bond acceptors (Lipinski definition) is 5. The fourth-order valence-electron chi connectivity index (χ4n) is 6.66. The van der Waals surface area contributed by atoms with Gasteiger partial charge in [-0.1, -0.05) is 43.2 Å². The van der Waals surface area contributed by atoms with Crippen molar-refractivity contribution in [2.45, 2.75) is 50.5 Å². The van der Waals surface area contributed by atoms with Crippen molar-refractivity contribution < 1.29 is 23.4 Å². The number of carboxylic acid groups (broad SMARTS) is 1. The van der Waals surface area contributed by atoms with Crippen LogP contribution in [0.4, 0.5) is 4.39 Å². The van der Waals surface area contributed by atoms with Gasteiger partial charge in [-0.2, -0.15) is 0 Å². The maximum Gasteiger partial charge on any atom is 0.320 e. The molecular formula is C31H42FN2O4P. The number of carbonyl (C=O) groups is 1. The summed E-state index contributed by atoms with van der Waals surface area (Å²) in [4.78, 5) is 16.8. The smallest absolute Gasteiger partial charge is 0.320 e. The molecule has 39 heavy (non-hydrogen) atoms. The molecule has 0 spiro atoms. The van der Waals surface area contributed by atoms with Gasteiger partial charge >= 0.3 is 5.97 Å². The number of carboxylic acids is 1. The Labute approximate surface area is 232 Å². The second-order valence-electron chi connectivity index (χ2n) is 11.9. The molecule has 0 aromatic heterocycles. The lowest BCUT2D eigenvalue weighted by Gasteiger charge is -2.35.